The van der Waals surface area contributed by atoms with Crippen LogP contribution in [0.2, 0.25) is 0 Å². The molecule has 8 heteroatoms. The highest BCUT2D eigenvalue weighted by Crippen LogP contribution is 2.18. The molecule has 1 amide bonds. The summed E-state index contributed by atoms with van der Waals surface area (Å²) >= 11 is 0. The predicted octanol–water partition coefficient (Wildman–Crippen LogP) is -2.30. The van der Waals surface area contributed by atoms with Crippen molar-refractivity contribution in [2.75, 3.05) is 32.8 Å². The summed E-state index contributed by atoms with van der Waals surface area (Å²) < 4.78 is 1.51. The molecule has 4 N–H and O–H groups in total. The molecular weight excluding hydrogens is 236 g/mol. The van der Waals surface area contributed by atoms with Crippen molar-refractivity contribution in [3.63, 3.8) is 0 Å². The van der Waals surface area contributed by atoms with Gasteiger partial charge in [-0.15, -0.1) is 5.10 Å². The summed E-state index contributed by atoms with van der Waals surface area (Å²) in [5, 5.41) is 19.9. The van der Waals surface area contributed by atoms with E-state index in [-0.39, 0.29) is 6.61 Å². The van der Waals surface area contributed by atoms with Crippen LogP contribution in [0.4, 0.5) is 0 Å². The molecule has 0 aromatic carbocycles. The summed E-state index contributed by atoms with van der Waals surface area (Å²) in [6.07, 6.45) is 1.66. The van der Waals surface area contributed by atoms with Crippen LogP contribution in [-0.4, -0.2) is 63.7 Å². The Morgan fingerprint density at radius 2 is 2.28 bits per heavy atom. The van der Waals surface area contributed by atoms with Crippen molar-refractivity contribution in [3.05, 3.63) is 11.9 Å². The molecule has 0 radical (unpaired) electrons. The van der Waals surface area contributed by atoms with E-state index in [4.69, 9.17) is 10.8 Å². The van der Waals surface area contributed by atoms with Crippen LogP contribution >= 0.6 is 0 Å². The third-order valence-electron chi connectivity index (χ3n) is 2.95. The van der Waals surface area contributed by atoms with Crippen molar-refractivity contribution in [2.24, 2.45) is 5.73 Å². The highest BCUT2D eigenvalue weighted by Gasteiger charge is 2.29. The van der Waals surface area contributed by atoms with Gasteiger partial charge in [-0.2, -0.15) is 0 Å². The lowest BCUT2D eigenvalue weighted by atomic mass is 10.1. The van der Waals surface area contributed by atoms with Crippen LogP contribution in [0, 0.1) is 0 Å². The Bertz CT molecular complexity index is 401. The minimum atomic E-state index is -0.542. The Kier molecular flexibility index (Phi) is 4.24. The molecule has 1 aromatic rings. The minimum Gasteiger partial charge on any atom is -0.394 e. The number of nitrogens with zero attached hydrogens (tertiary/aromatic N) is 4. The van der Waals surface area contributed by atoms with Crippen molar-refractivity contribution in [1.82, 2.24) is 25.2 Å². The van der Waals surface area contributed by atoms with Crippen molar-refractivity contribution >= 4 is 5.91 Å². The van der Waals surface area contributed by atoms with Gasteiger partial charge in [-0.05, 0) is 0 Å². The normalized spacial score (nSPS) is 18.7. The Labute approximate surface area is 105 Å². The molecule has 2 heterocycles. The molecule has 1 atom stereocenters. The predicted molar refractivity (Wildman–Crippen MR) is 63.5 cm³/mol. The summed E-state index contributed by atoms with van der Waals surface area (Å²) in [5.41, 5.74) is 6.00. The van der Waals surface area contributed by atoms with Gasteiger partial charge in [0, 0.05) is 26.2 Å². The largest absolute Gasteiger partial charge is 0.394 e. The van der Waals surface area contributed by atoms with Crippen LogP contribution in [0.3, 0.4) is 0 Å². The maximum atomic E-state index is 11.6. The molecule has 0 spiro atoms. The summed E-state index contributed by atoms with van der Waals surface area (Å²) in [7, 11) is 0. The summed E-state index contributed by atoms with van der Waals surface area (Å²) in [4.78, 5) is 13.6. The number of hydrogen-bond acceptors (Lipinski definition) is 6. The molecule has 2 rings (SSSR count). The molecule has 8 nitrogen and oxygen atoms in total. The average Bonchev–Trinajstić information content (AvgIpc) is 2.79. The Morgan fingerprint density at radius 1 is 1.56 bits per heavy atom. The third-order valence-corrected chi connectivity index (χ3v) is 2.95. The molecule has 1 saturated heterocycles. The fraction of sp³-hybridized carbons (Fsp3) is 0.700. The SMILES string of the molecule is NC(=O)C(c1cn(CCO)nn1)N1CCNCC1. The van der Waals surface area contributed by atoms with Crippen LogP contribution in [0.15, 0.2) is 6.20 Å². The smallest absolute Gasteiger partial charge is 0.241 e. The van der Waals surface area contributed by atoms with Gasteiger partial charge in [0.15, 0.2) is 0 Å². The highest BCUT2D eigenvalue weighted by molar-refractivity contribution is 5.80. The summed E-state index contributed by atoms with van der Waals surface area (Å²) in [6.45, 7) is 3.50. The lowest BCUT2D eigenvalue weighted by Crippen LogP contribution is -2.48. The van der Waals surface area contributed by atoms with Crippen LogP contribution in [-0.2, 0) is 11.3 Å². The topological polar surface area (TPSA) is 109 Å². The Hall–Kier alpha value is -1.51. The van der Waals surface area contributed by atoms with E-state index < -0.39 is 11.9 Å². The lowest BCUT2D eigenvalue weighted by molar-refractivity contribution is -0.123. The van der Waals surface area contributed by atoms with E-state index in [1.54, 1.807) is 6.20 Å². The van der Waals surface area contributed by atoms with Crippen molar-refractivity contribution in [1.29, 1.82) is 0 Å². The molecule has 0 saturated carbocycles. The van der Waals surface area contributed by atoms with Gasteiger partial charge in [-0.1, -0.05) is 5.21 Å². The Morgan fingerprint density at radius 3 is 2.89 bits per heavy atom. The van der Waals surface area contributed by atoms with Gasteiger partial charge >= 0.3 is 0 Å². The number of aliphatic hydroxyl groups is 1. The van der Waals surface area contributed by atoms with Crippen molar-refractivity contribution in [3.8, 4) is 0 Å². The van der Waals surface area contributed by atoms with E-state index in [1.165, 1.54) is 4.68 Å². The highest BCUT2D eigenvalue weighted by atomic mass is 16.3. The second-order valence-electron chi connectivity index (χ2n) is 4.22. The number of carbonyl (C=O) groups excluding carboxylic acids is 1. The number of aromatic nitrogens is 3. The number of nitrogens with one attached hydrogen (secondary N) is 1. The number of primary amides is 1. The van der Waals surface area contributed by atoms with Gasteiger partial charge in [-0.25, -0.2) is 4.68 Å². The number of aliphatic hydroxyl groups excluding tert-OH is 1. The van der Waals surface area contributed by atoms with Crippen molar-refractivity contribution in [2.45, 2.75) is 12.6 Å². The van der Waals surface area contributed by atoms with E-state index >= 15 is 0 Å². The maximum absolute atomic E-state index is 11.6. The fourth-order valence-corrected chi connectivity index (χ4v) is 2.10. The van der Waals surface area contributed by atoms with E-state index in [0.717, 1.165) is 26.2 Å². The monoisotopic (exact) mass is 254 g/mol. The number of rotatable bonds is 5. The van der Waals surface area contributed by atoms with E-state index in [9.17, 15) is 4.79 Å². The molecule has 1 aliphatic rings. The van der Waals surface area contributed by atoms with Gasteiger partial charge in [-0.3, -0.25) is 9.69 Å². The molecule has 0 bridgehead atoms. The van der Waals surface area contributed by atoms with E-state index in [0.29, 0.717) is 12.2 Å². The summed E-state index contributed by atoms with van der Waals surface area (Å²) in [6, 6.07) is -0.542. The molecule has 1 unspecified atom stereocenters. The zero-order chi connectivity index (χ0) is 13.0. The van der Waals surface area contributed by atoms with Gasteiger partial charge in [0.05, 0.1) is 19.3 Å². The second kappa shape index (κ2) is 5.89. The van der Waals surface area contributed by atoms with Crippen LogP contribution in [0.5, 0.6) is 0 Å². The van der Waals surface area contributed by atoms with Crippen LogP contribution < -0.4 is 11.1 Å². The first-order valence-electron chi connectivity index (χ1n) is 5.97. The first-order chi connectivity index (χ1) is 8.72. The minimum absolute atomic E-state index is 0.0162. The fourth-order valence-electron chi connectivity index (χ4n) is 2.10. The molecule has 0 aliphatic carbocycles. The molecular formula is C10H18N6O2. The first kappa shape index (κ1) is 12.9. The molecule has 100 valence electrons. The molecule has 1 aliphatic heterocycles. The molecule has 1 fully saturated rings. The van der Waals surface area contributed by atoms with Gasteiger partial charge in [0.25, 0.3) is 0 Å². The molecule has 18 heavy (non-hydrogen) atoms. The zero-order valence-electron chi connectivity index (χ0n) is 10.1. The Balaban J connectivity index is 2.14. The van der Waals surface area contributed by atoms with E-state index in [1.807, 2.05) is 4.90 Å². The maximum Gasteiger partial charge on any atom is 0.241 e. The number of carbonyl (C=O) groups is 1. The number of hydrogen-bond donors (Lipinski definition) is 3. The first-order valence-corrected chi connectivity index (χ1v) is 5.97. The number of amides is 1. The number of nitrogens with two attached hydrogens (primary N) is 1. The van der Waals surface area contributed by atoms with Crippen LogP contribution in [0.1, 0.15) is 11.7 Å². The van der Waals surface area contributed by atoms with Crippen molar-refractivity contribution < 1.29 is 9.90 Å². The molecule has 1 aromatic heterocycles. The van der Waals surface area contributed by atoms with Crippen LogP contribution in [0.25, 0.3) is 0 Å². The zero-order valence-corrected chi connectivity index (χ0v) is 10.1. The average molecular weight is 254 g/mol. The van der Waals surface area contributed by atoms with E-state index in [2.05, 4.69) is 15.6 Å². The third kappa shape index (κ3) is 2.84. The van der Waals surface area contributed by atoms with Gasteiger partial charge in [0.2, 0.25) is 5.91 Å². The summed E-state index contributed by atoms with van der Waals surface area (Å²) in [5.74, 6) is -0.423. The quantitative estimate of drug-likeness (QED) is 0.545. The lowest BCUT2D eigenvalue weighted by Gasteiger charge is -2.31. The second-order valence-corrected chi connectivity index (χ2v) is 4.22. The number of piperazine rings is 1. The van der Waals surface area contributed by atoms with Gasteiger partial charge in [0.1, 0.15) is 11.7 Å². The van der Waals surface area contributed by atoms with Gasteiger partial charge < -0.3 is 16.2 Å². The standard InChI is InChI=1S/C10H18N6O2/c11-10(18)9(15-3-1-12-2-4-15)8-7-16(5-6-17)14-13-8/h7,9,12,17H,1-6H2,(H2,11,18).